The van der Waals surface area contributed by atoms with E-state index in [2.05, 4.69) is 10.3 Å². The van der Waals surface area contributed by atoms with Crippen LogP contribution in [0.15, 0.2) is 0 Å². The standard InChI is InChI=1S/C13H19F2N3/c14-12(15)8-18-11-5-6-16-7-10(11)17-13(18)9-3-1-2-4-9/h9,12,16H,1-8H2. The Bertz CT molecular complexity index is 422. The van der Waals surface area contributed by atoms with Gasteiger partial charge in [-0.3, -0.25) is 0 Å². The molecule has 1 aromatic rings. The van der Waals surface area contributed by atoms with Crippen molar-refractivity contribution in [2.45, 2.75) is 57.5 Å². The van der Waals surface area contributed by atoms with Gasteiger partial charge in [0.1, 0.15) is 5.82 Å². The Hall–Kier alpha value is -0.970. The molecule has 100 valence electrons. The predicted molar refractivity (Wildman–Crippen MR) is 64.9 cm³/mol. The number of alkyl halides is 2. The van der Waals surface area contributed by atoms with Crippen LogP contribution in [0.4, 0.5) is 8.78 Å². The first-order valence-corrected chi connectivity index (χ1v) is 6.82. The third-order valence-electron chi connectivity index (χ3n) is 4.06. The van der Waals surface area contributed by atoms with Crippen LogP contribution >= 0.6 is 0 Å². The molecule has 0 unspecified atom stereocenters. The zero-order valence-corrected chi connectivity index (χ0v) is 10.5. The van der Waals surface area contributed by atoms with Gasteiger partial charge in [-0.15, -0.1) is 0 Å². The predicted octanol–water partition coefficient (Wildman–Crippen LogP) is 2.45. The van der Waals surface area contributed by atoms with Gasteiger partial charge in [0, 0.05) is 31.1 Å². The average Bonchev–Trinajstić information content (AvgIpc) is 2.96. The summed E-state index contributed by atoms with van der Waals surface area (Å²) in [5.74, 6) is 1.32. The molecule has 0 atom stereocenters. The van der Waals surface area contributed by atoms with E-state index in [0.717, 1.165) is 49.6 Å². The number of nitrogens with one attached hydrogen (secondary N) is 1. The summed E-state index contributed by atoms with van der Waals surface area (Å²) in [4.78, 5) is 4.65. The molecule has 0 amide bonds. The molecule has 0 saturated heterocycles. The molecule has 1 saturated carbocycles. The van der Waals surface area contributed by atoms with Gasteiger partial charge in [0.2, 0.25) is 0 Å². The van der Waals surface area contributed by atoms with E-state index in [1.807, 2.05) is 4.57 Å². The number of nitrogens with zero attached hydrogens (tertiary/aromatic N) is 2. The van der Waals surface area contributed by atoms with Gasteiger partial charge in [-0.05, 0) is 12.8 Å². The summed E-state index contributed by atoms with van der Waals surface area (Å²) < 4.78 is 27.4. The summed E-state index contributed by atoms with van der Waals surface area (Å²) in [5, 5.41) is 3.26. The molecule has 1 aliphatic carbocycles. The summed E-state index contributed by atoms with van der Waals surface area (Å²) >= 11 is 0. The summed E-state index contributed by atoms with van der Waals surface area (Å²) in [6.45, 7) is 1.41. The van der Waals surface area contributed by atoms with Gasteiger partial charge in [0.25, 0.3) is 6.43 Å². The molecular weight excluding hydrogens is 236 g/mol. The van der Waals surface area contributed by atoms with E-state index in [-0.39, 0.29) is 6.54 Å². The van der Waals surface area contributed by atoms with Crippen LogP contribution in [0.3, 0.4) is 0 Å². The molecule has 2 heterocycles. The van der Waals surface area contributed by atoms with Crippen LogP contribution < -0.4 is 5.32 Å². The van der Waals surface area contributed by atoms with Crippen molar-refractivity contribution in [3.63, 3.8) is 0 Å². The van der Waals surface area contributed by atoms with Gasteiger partial charge >= 0.3 is 0 Å². The maximum atomic E-state index is 12.8. The van der Waals surface area contributed by atoms with E-state index in [1.165, 1.54) is 12.8 Å². The summed E-state index contributed by atoms with van der Waals surface area (Å²) in [6.07, 6.45) is 3.14. The van der Waals surface area contributed by atoms with Crippen molar-refractivity contribution >= 4 is 0 Å². The van der Waals surface area contributed by atoms with Crippen molar-refractivity contribution < 1.29 is 8.78 Å². The second-order valence-corrected chi connectivity index (χ2v) is 5.27. The zero-order valence-electron chi connectivity index (χ0n) is 10.5. The molecule has 1 aromatic heterocycles. The van der Waals surface area contributed by atoms with Gasteiger partial charge in [0.15, 0.2) is 0 Å². The Kier molecular flexibility index (Phi) is 3.33. The Morgan fingerprint density at radius 1 is 1.33 bits per heavy atom. The monoisotopic (exact) mass is 255 g/mol. The van der Waals surface area contributed by atoms with Crippen LogP contribution in [0.5, 0.6) is 0 Å². The number of hydrogen-bond acceptors (Lipinski definition) is 2. The molecule has 1 aliphatic heterocycles. The molecule has 1 fully saturated rings. The minimum atomic E-state index is -2.29. The lowest BCUT2D eigenvalue weighted by atomic mass is 10.1. The Balaban J connectivity index is 1.97. The topological polar surface area (TPSA) is 29.9 Å². The number of imidazole rings is 1. The number of aromatic nitrogens is 2. The first-order chi connectivity index (χ1) is 8.75. The molecule has 0 aromatic carbocycles. The van der Waals surface area contributed by atoms with Crippen LogP contribution in [0.1, 0.15) is 48.8 Å². The highest BCUT2D eigenvalue weighted by atomic mass is 19.3. The molecule has 18 heavy (non-hydrogen) atoms. The van der Waals surface area contributed by atoms with Crippen molar-refractivity contribution in [3.8, 4) is 0 Å². The highest BCUT2D eigenvalue weighted by molar-refractivity contribution is 5.22. The molecule has 0 radical (unpaired) electrons. The molecule has 1 N–H and O–H groups in total. The number of halogens is 2. The van der Waals surface area contributed by atoms with Crippen molar-refractivity contribution in [1.82, 2.24) is 14.9 Å². The van der Waals surface area contributed by atoms with E-state index in [4.69, 9.17) is 0 Å². The summed E-state index contributed by atoms with van der Waals surface area (Å²) in [5.41, 5.74) is 2.03. The third kappa shape index (κ3) is 2.16. The molecule has 0 spiro atoms. The van der Waals surface area contributed by atoms with Crippen LogP contribution in [-0.2, 0) is 19.5 Å². The van der Waals surface area contributed by atoms with Crippen molar-refractivity contribution in [2.24, 2.45) is 0 Å². The Labute approximate surface area is 106 Å². The van der Waals surface area contributed by atoms with E-state index in [0.29, 0.717) is 5.92 Å². The highest BCUT2D eigenvalue weighted by Gasteiger charge is 2.28. The molecular formula is C13H19F2N3. The van der Waals surface area contributed by atoms with Gasteiger partial charge in [-0.2, -0.15) is 0 Å². The fourth-order valence-electron chi connectivity index (χ4n) is 3.23. The van der Waals surface area contributed by atoms with Gasteiger partial charge < -0.3 is 9.88 Å². The van der Waals surface area contributed by atoms with Crippen molar-refractivity contribution in [2.75, 3.05) is 6.54 Å². The van der Waals surface area contributed by atoms with Crippen molar-refractivity contribution in [3.05, 3.63) is 17.2 Å². The zero-order chi connectivity index (χ0) is 12.5. The largest absolute Gasteiger partial charge is 0.326 e. The van der Waals surface area contributed by atoms with Gasteiger partial charge in [-0.1, -0.05) is 12.8 Å². The number of rotatable bonds is 3. The first-order valence-electron chi connectivity index (χ1n) is 6.82. The summed E-state index contributed by atoms with van der Waals surface area (Å²) in [7, 11) is 0. The van der Waals surface area contributed by atoms with E-state index in [1.54, 1.807) is 0 Å². The smallest absolute Gasteiger partial charge is 0.256 e. The van der Waals surface area contributed by atoms with Crippen LogP contribution in [0.2, 0.25) is 0 Å². The second kappa shape index (κ2) is 4.96. The Morgan fingerprint density at radius 2 is 2.11 bits per heavy atom. The quantitative estimate of drug-likeness (QED) is 0.899. The van der Waals surface area contributed by atoms with Crippen molar-refractivity contribution in [1.29, 1.82) is 0 Å². The fraction of sp³-hybridized carbons (Fsp3) is 0.769. The molecule has 5 heteroatoms. The second-order valence-electron chi connectivity index (χ2n) is 5.27. The molecule has 3 rings (SSSR count). The number of hydrogen-bond donors (Lipinski definition) is 1. The summed E-state index contributed by atoms with van der Waals surface area (Å²) in [6, 6.07) is 0. The van der Waals surface area contributed by atoms with Crippen LogP contribution in [-0.4, -0.2) is 22.5 Å². The minimum absolute atomic E-state index is 0.186. The third-order valence-corrected chi connectivity index (χ3v) is 4.06. The van der Waals surface area contributed by atoms with Crippen LogP contribution in [0.25, 0.3) is 0 Å². The van der Waals surface area contributed by atoms with E-state index < -0.39 is 6.43 Å². The highest BCUT2D eigenvalue weighted by Crippen LogP contribution is 2.35. The van der Waals surface area contributed by atoms with E-state index >= 15 is 0 Å². The first kappa shape index (κ1) is 12.1. The lowest BCUT2D eigenvalue weighted by molar-refractivity contribution is 0.123. The van der Waals surface area contributed by atoms with Crippen LogP contribution in [0, 0.1) is 0 Å². The normalized spacial score (nSPS) is 20.6. The molecule has 2 aliphatic rings. The van der Waals surface area contributed by atoms with Gasteiger partial charge in [-0.25, -0.2) is 13.8 Å². The fourth-order valence-corrected chi connectivity index (χ4v) is 3.23. The molecule has 0 bridgehead atoms. The average molecular weight is 255 g/mol. The SMILES string of the molecule is FC(F)Cn1c(C2CCCC2)nc2c1CCNC2. The minimum Gasteiger partial charge on any atom is -0.326 e. The van der Waals surface area contributed by atoms with Gasteiger partial charge in [0.05, 0.1) is 12.2 Å². The van der Waals surface area contributed by atoms with E-state index in [9.17, 15) is 8.78 Å². The Morgan fingerprint density at radius 3 is 2.83 bits per heavy atom. The molecule has 3 nitrogen and oxygen atoms in total. The lowest BCUT2D eigenvalue weighted by Gasteiger charge is -2.17. The lowest BCUT2D eigenvalue weighted by Crippen LogP contribution is -2.25. The maximum absolute atomic E-state index is 12.8. The maximum Gasteiger partial charge on any atom is 0.256 e. The number of fused-ring (bicyclic) bond motifs is 1.